The van der Waals surface area contributed by atoms with Gasteiger partial charge in [0.1, 0.15) is 0 Å². The van der Waals surface area contributed by atoms with Gasteiger partial charge >= 0.3 is 0 Å². The minimum Gasteiger partial charge on any atom is -0.760 e. The fourth-order valence-corrected chi connectivity index (χ4v) is 2.00. The van der Waals surface area contributed by atoms with E-state index in [9.17, 15) is 13.6 Å². The first kappa shape index (κ1) is 12.7. The van der Waals surface area contributed by atoms with Gasteiger partial charge in [-0.3, -0.25) is 9.00 Å². The largest absolute Gasteiger partial charge is 0.760 e. The summed E-state index contributed by atoms with van der Waals surface area (Å²) in [4.78, 5) is 12.4. The third-order valence-corrected chi connectivity index (χ3v) is 2.92. The molecule has 0 fully saturated rings. The van der Waals surface area contributed by atoms with Crippen LogP contribution in [0, 0.1) is 0 Å². The van der Waals surface area contributed by atoms with Crippen molar-refractivity contribution in [1.29, 1.82) is 0 Å². The lowest BCUT2D eigenvalue weighted by Crippen LogP contribution is -2.34. The van der Waals surface area contributed by atoms with Crippen molar-refractivity contribution in [2.75, 3.05) is 11.6 Å². The minimum atomic E-state index is -2.40. The average Bonchev–Trinajstić information content (AvgIpc) is 2.39. The number of hydrogen-bond acceptors (Lipinski definition) is 3. The third-order valence-electron chi connectivity index (χ3n) is 2.56. The lowest BCUT2D eigenvalue weighted by atomic mass is 10.1. The Morgan fingerprint density at radius 1 is 1.22 bits per heavy atom. The molecule has 0 radical (unpaired) electrons. The molecule has 0 saturated carbocycles. The molecule has 94 valence electrons. The van der Waals surface area contributed by atoms with Crippen LogP contribution in [0.25, 0.3) is 10.8 Å². The number of hydrogen-bond donors (Lipinski definition) is 1. The van der Waals surface area contributed by atoms with Crippen molar-refractivity contribution in [3.63, 3.8) is 0 Å². The second-order valence-corrected chi connectivity index (χ2v) is 4.37. The molecular weight excluding hydrogens is 252 g/mol. The zero-order valence-corrected chi connectivity index (χ0v) is 10.2. The number of nitrogens with zero attached hydrogens (tertiary/aromatic N) is 1. The Hall–Kier alpha value is -1.76. The quantitative estimate of drug-likeness (QED) is 0.499. The summed E-state index contributed by atoms with van der Waals surface area (Å²) >= 11 is -2.40. The van der Waals surface area contributed by atoms with Gasteiger partial charge < -0.3 is 9.45 Å². The van der Waals surface area contributed by atoms with Crippen LogP contribution in [0.1, 0.15) is 0 Å². The van der Waals surface area contributed by atoms with E-state index < -0.39 is 11.3 Å². The van der Waals surface area contributed by atoms with Crippen LogP contribution >= 0.6 is 0 Å². The summed E-state index contributed by atoms with van der Waals surface area (Å²) in [7, 11) is 0. The summed E-state index contributed by atoms with van der Waals surface area (Å²) in [5.41, 5.74) is 0.668. The van der Waals surface area contributed by atoms with Crippen LogP contribution in [0.2, 0.25) is 0 Å². The van der Waals surface area contributed by atoms with E-state index in [2.05, 4.69) is 4.72 Å². The molecule has 0 aromatic heterocycles. The number of carbonyl (C=O) groups is 1. The molecule has 0 aliphatic carbocycles. The molecule has 0 heterocycles. The first-order valence-electron chi connectivity index (χ1n) is 5.25. The van der Waals surface area contributed by atoms with Gasteiger partial charge in [0, 0.05) is 16.7 Å². The van der Waals surface area contributed by atoms with Gasteiger partial charge in [0.2, 0.25) is 6.41 Å². The molecule has 2 rings (SSSR count). The van der Waals surface area contributed by atoms with Crippen LogP contribution in [-0.2, 0) is 16.1 Å². The van der Waals surface area contributed by atoms with Crippen LogP contribution in [0.5, 0.6) is 0 Å². The second-order valence-electron chi connectivity index (χ2n) is 3.61. The van der Waals surface area contributed by atoms with Gasteiger partial charge in [0.25, 0.3) is 0 Å². The molecule has 0 bridgehead atoms. The summed E-state index contributed by atoms with van der Waals surface area (Å²) in [6.45, 7) is -0.0897. The van der Waals surface area contributed by atoms with Crippen LogP contribution in [-0.4, -0.2) is 21.8 Å². The van der Waals surface area contributed by atoms with E-state index in [4.69, 9.17) is 0 Å². The molecule has 1 N–H and O–H groups in total. The highest BCUT2D eigenvalue weighted by molar-refractivity contribution is 7.77. The number of rotatable bonds is 5. The van der Waals surface area contributed by atoms with Crippen LogP contribution < -0.4 is 9.62 Å². The third kappa shape index (κ3) is 2.73. The maximum absolute atomic E-state index is 11.0. The van der Waals surface area contributed by atoms with Crippen molar-refractivity contribution < 1.29 is 13.6 Å². The average molecular weight is 263 g/mol. The normalized spacial score (nSPS) is 12.3. The predicted octanol–water partition coefficient (Wildman–Crippen LogP) is 1.14. The van der Waals surface area contributed by atoms with E-state index in [0.29, 0.717) is 12.1 Å². The predicted molar refractivity (Wildman–Crippen MR) is 69.4 cm³/mol. The van der Waals surface area contributed by atoms with Gasteiger partial charge in [-0.15, -0.1) is 0 Å². The van der Waals surface area contributed by atoms with E-state index in [1.807, 2.05) is 36.4 Å². The number of amides is 1. The molecule has 0 aliphatic heterocycles. The zero-order valence-electron chi connectivity index (χ0n) is 9.41. The summed E-state index contributed by atoms with van der Waals surface area (Å²) in [6.07, 6.45) is 0.599. The molecule has 18 heavy (non-hydrogen) atoms. The van der Waals surface area contributed by atoms with E-state index in [1.54, 1.807) is 6.07 Å². The van der Waals surface area contributed by atoms with Crippen molar-refractivity contribution in [2.24, 2.45) is 0 Å². The Balaban J connectivity index is 2.38. The molecule has 0 saturated heterocycles. The first-order chi connectivity index (χ1) is 8.72. The first-order valence-corrected chi connectivity index (χ1v) is 6.32. The highest BCUT2D eigenvalue weighted by Crippen LogP contribution is 2.25. The number of nitrogens with one attached hydrogen (secondary N) is 1. The molecule has 6 heteroatoms. The summed E-state index contributed by atoms with van der Waals surface area (Å²) < 4.78 is 23.1. The van der Waals surface area contributed by atoms with Gasteiger partial charge in [0.05, 0.1) is 12.4 Å². The van der Waals surface area contributed by atoms with Gasteiger partial charge in [-0.2, -0.15) is 0 Å². The highest BCUT2D eigenvalue weighted by Gasteiger charge is 2.08. The van der Waals surface area contributed by atoms with Gasteiger partial charge in [-0.25, -0.2) is 4.72 Å². The molecule has 1 amide bonds. The van der Waals surface area contributed by atoms with Gasteiger partial charge in [-0.05, 0) is 11.5 Å². The minimum absolute atomic E-state index is 0.0897. The van der Waals surface area contributed by atoms with Crippen molar-refractivity contribution in [3.8, 4) is 0 Å². The summed E-state index contributed by atoms with van der Waals surface area (Å²) in [5.74, 6) is 0. The Kier molecular flexibility index (Phi) is 4.03. The molecule has 1 unspecified atom stereocenters. The van der Waals surface area contributed by atoms with Crippen LogP contribution in [0.4, 0.5) is 5.69 Å². The van der Waals surface area contributed by atoms with Gasteiger partial charge in [-0.1, -0.05) is 36.4 Å². The molecule has 0 aliphatic rings. The molecule has 0 spiro atoms. The van der Waals surface area contributed by atoms with Gasteiger partial charge in [0.15, 0.2) is 0 Å². The van der Waals surface area contributed by atoms with E-state index >= 15 is 0 Å². The van der Waals surface area contributed by atoms with Crippen LogP contribution in [0.3, 0.4) is 0 Å². The number of benzene rings is 2. The monoisotopic (exact) mass is 263 g/mol. The number of fused-ring (bicyclic) bond motifs is 1. The smallest absolute Gasteiger partial charge is 0.215 e. The molecule has 5 nitrogen and oxygen atoms in total. The Morgan fingerprint density at radius 2 is 1.94 bits per heavy atom. The van der Waals surface area contributed by atoms with Crippen molar-refractivity contribution in [3.05, 3.63) is 42.5 Å². The topological polar surface area (TPSA) is 72.5 Å². The maximum atomic E-state index is 11.0. The lowest BCUT2D eigenvalue weighted by Gasteiger charge is -2.20. The Bertz CT molecular complexity index is 583. The fraction of sp³-hybridized carbons (Fsp3) is 0.0833. The van der Waals surface area contributed by atoms with E-state index in [-0.39, 0.29) is 6.67 Å². The molecular formula is C12H11N2O3S-. The molecule has 2 aromatic carbocycles. The number of anilines is 1. The zero-order chi connectivity index (χ0) is 13.0. The second kappa shape index (κ2) is 5.72. The summed E-state index contributed by atoms with van der Waals surface area (Å²) in [6, 6.07) is 13.1. The summed E-state index contributed by atoms with van der Waals surface area (Å²) in [5, 5.41) is 1.88. The lowest BCUT2D eigenvalue weighted by molar-refractivity contribution is -0.107. The molecule has 2 aromatic rings. The fourth-order valence-electron chi connectivity index (χ4n) is 1.76. The SMILES string of the molecule is O=CN(CNS(=O)[O-])c1cccc2ccccc12. The van der Waals surface area contributed by atoms with Crippen LogP contribution in [0.15, 0.2) is 42.5 Å². The van der Waals surface area contributed by atoms with E-state index in [0.717, 1.165) is 10.8 Å². The maximum Gasteiger partial charge on any atom is 0.215 e. The van der Waals surface area contributed by atoms with Crippen molar-refractivity contribution in [2.45, 2.75) is 0 Å². The Morgan fingerprint density at radius 3 is 2.67 bits per heavy atom. The van der Waals surface area contributed by atoms with E-state index in [1.165, 1.54) is 4.90 Å². The highest BCUT2D eigenvalue weighted by atomic mass is 32.2. The molecule has 1 atom stereocenters. The van der Waals surface area contributed by atoms with Crippen molar-refractivity contribution >= 4 is 34.1 Å². The number of carbonyl (C=O) groups excluding carboxylic acids is 1. The Labute approximate surface area is 107 Å². The van der Waals surface area contributed by atoms with Crippen molar-refractivity contribution in [1.82, 2.24) is 4.72 Å². The standard InChI is InChI=1S/C12H12N2O3S/c15-9-14(8-13-18(16)17)12-7-3-5-10-4-1-2-6-11(10)12/h1-7,9,13H,8H2,(H,16,17)/p-1.